The van der Waals surface area contributed by atoms with Crippen LogP contribution in [0.5, 0.6) is 0 Å². The molecule has 3 aromatic heterocycles. The Balaban J connectivity index is 1.52. The smallest absolute Gasteiger partial charge is 0.276 e. The van der Waals surface area contributed by atoms with Crippen LogP contribution in [-0.2, 0) is 6.54 Å². The van der Waals surface area contributed by atoms with Crippen LogP contribution in [0.25, 0.3) is 16.2 Å². The average molecular weight is 365 g/mol. The third kappa shape index (κ3) is 3.02. The van der Waals surface area contributed by atoms with Gasteiger partial charge in [0.25, 0.3) is 11.5 Å². The van der Waals surface area contributed by atoms with Crippen molar-refractivity contribution in [3.8, 4) is 11.3 Å². The number of rotatable bonds is 4. The summed E-state index contributed by atoms with van der Waals surface area (Å²) in [6.07, 6.45) is 3.94. The van der Waals surface area contributed by atoms with Gasteiger partial charge in [-0.3, -0.25) is 14.0 Å². The lowest BCUT2D eigenvalue weighted by Gasteiger charge is -2.07. The molecule has 0 fully saturated rings. The van der Waals surface area contributed by atoms with Crippen molar-refractivity contribution >= 4 is 27.9 Å². The minimum absolute atomic E-state index is 0.199. The van der Waals surface area contributed by atoms with Gasteiger partial charge >= 0.3 is 0 Å². The van der Waals surface area contributed by atoms with Crippen molar-refractivity contribution in [1.29, 1.82) is 0 Å². The van der Waals surface area contributed by atoms with E-state index in [0.29, 0.717) is 12.2 Å². The summed E-state index contributed by atoms with van der Waals surface area (Å²) in [4.78, 5) is 29.4. The fraction of sp³-hybridized carbons (Fsp3) is 0.111. The third-order valence-electron chi connectivity index (χ3n) is 3.93. The zero-order valence-electron chi connectivity index (χ0n) is 13.9. The standard InChI is InChI=1S/C18H15N5O2S/c1-2-23-16(24)8-7-14(21-23)17(25)19-13-5-3-12(4-6-13)15-11-22-9-10-26-18(22)20-15/h3-11H,2H2,1H3,(H,19,25). The van der Waals surface area contributed by atoms with Gasteiger partial charge in [0, 0.05) is 41.6 Å². The van der Waals surface area contributed by atoms with Crippen molar-refractivity contribution in [3.05, 3.63) is 70.2 Å². The summed E-state index contributed by atoms with van der Waals surface area (Å²) < 4.78 is 3.23. The minimum atomic E-state index is -0.359. The third-order valence-corrected chi connectivity index (χ3v) is 4.70. The molecule has 0 spiro atoms. The Kier molecular flexibility index (Phi) is 4.10. The number of carbonyl (C=O) groups excluding carboxylic acids is 1. The molecule has 3 heterocycles. The largest absolute Gasteiger partial charge is 0.321 e. The van der Waals surface area contributed by atoms with Crippen LogP contribution < -0.4 is 10.9 Å². The number of hydrogen-bond donors (Lipinski definition) is 1. The fourth-order valence-electron chi connectivity index (χ4n) is 2.58. The number of aromatic nitrogens is 4. The number of fused-ring (bicyclic) bond motifs is 1. The number of nitrogens with one attached hydrogen (secondary N) is 1. The monoisotopic (exact) mass is 365 g/mol. The lowest BCUT2D eigenvalue weighted by atomic mass is 10.1. The first-order valence-corrected chi connectivity index (χ1v) is 8.94. The molecule has 1 amide bonds. The second-order valence-corrected chi connectivity index (χ2v) is 6.50. The highest BCUT2D eigenvalue weighted by Crippen LogP contribution is 2.23. The molecule has 0 aliphatic rings. The summed E-state index contributed by atoms with van der Waals surface area (Å²) in [5, 5.41) is 8.83. The molecule has 0 aliphatic heterocycles. The van der Waals surface area contributed by atoms with Crippen molar-refractivity contribution in [3.63, 3.8) is 0 Å². The number of carbonyl (C=O) groups is 1. The van der Waals surface area contributed by atoms with Crippen LogP contribution in [0.1, 0.15) is 17.4 Å². The second-order valence-electron chi connectivity index (χ2n) is 5.62. The van der Waals surface area contributed by atoms with Crippen molar-refractivity contribution < 1.29 is 4.79 Å². The molecule has 0 atom stereocenters. The molecule has 0 aliphatic carbocycles. The highest BCUT2D eigenvalue weighted by atomic mass is 32.1. The van der Waals surface area contributed by atoms with Crippen molar-refractivity contribution in [2.75, 3.05) is 5.32 Å². The maximum Gasteiger partial charge on any atom is 0.276 e. The molecule has 4 rings (SSSR count). The normalized spacial score (nSPS) is 11.0. The van der Waals surface area contributed by atoms with E-state index >= 15 is 0 Å². The predicted octanol–water partition coefficient (Wildman–Crippen LogP) is 2.89. The summed E-state index contributed by atoms with van der Waals surface area (Å²) in [7, 11) is 0. The topological polar surface area (TPSA) is 81.3 Å². The molecular weight excluding hydrogens is 350 g/mol. The number of thiazole rings is 1. The summed E-state index contributed by atoms with van der Waals surface area (Å²) in [6, 6.07) is 10.2. The summed E-state index contributed by atoms with van der Waals surface area (Å²) in [6.45, 7) is 2.21. The van der Waals surface area contributed by atoms with Crippen LogP contribution >= 0.6 is 11.3 Å². The first-order valence-electron chi connectivity index (χ1n) is 8.06. The molecule has 0 saturated heterocycles. The van der Waals surface area contributed by atoms with Gasteiger partial charge in [0.2, 0.25) is 0 Å². The molecular formula is C18H15N5O2S. The zero-order valence-corrected chi connectivity index (χ0v) is 14.7. The van der Waals surface area contributed by atoms with E-state index in [4.69, 9.17) is 0 Å². The Bertz CT molecular complexity index is 1110. The van der Waals surface area contributed by atoms with Gasteiger partial charge in [0.1, 0.15) is 5.69 Å². The predicted molar refractivity (Wildman–Crippen MR) is 101 cm³/mol. The molecule has 0 radical (unpaired) electrons. The Morgan fingerprint density at radius 1 is 1.19 bits per heavy atom. The second kappa shape index (κ2) is 6.57. The number of amides is 1. The van der Waals surface area contributed by atoms with Gasteiger partial charge in [-0.15, -0.1) is 11.3 Å². The van der Waals surface area contributed by atoms with Gasteiger partial charge in [0.15, 0.2) is 4.96 Å². The Hall–Kier alpha value is -3.26. The molecule has 0 bridgehead atoms. The molecule has 1 aromatic carbocycles. The Labute approximate surface area is 152 Å². The maximum absolute atomic E-state index is 12.3. The lowest BCUT2D eigenvalue weighted by molar-refractivity contribution is 0.102. The number of benzene rings is 1. The first-order chi connectivity index (χ1) is 12.6. The zero-order chi connectivity index (χ0) is 18.1. The SMILES string of the molecule is CCn1nc(C(=O)Nc2ccc(-c3cn4ccsc4n3)cc2)ccc1=O. The van der Waals surface area contributed by atoms with E-state index < -0.39 is 0 Å². The Morgan fingerprint density at radius 2 is 2.00 bits per heavy atom. The van der Waals surface area contributed by atoms with E-state index in [1.165, 1.54) is 16.8 Å². The number of hydrogen-bond acceptors (Lipinski definition) is 5. The van der Waals surface area contributed by atoms with Gasteiger partial charge < -0.3 is 5.32 Å². The molecule has 26 heavy (non-hydrogen) atoms. The molecule has 0 saturated carbocycles. The molecule has 130 valence electrons. The fourth-order valence-corrected chi connectivity index (χ4v) is 3.28. The lowest BCUT2D eigenvalue weighted by Crippen LogP contribution is -2.25. The van der Waals surface area contributed by atoms with Crippen LogP contribution in [0.15, 0.2) is 59.0 Å². The van der Waals surface area contributed by atoms with Crippen LogP contribution in [0, 0.1) is 0 Å². The summed E-state index contributed by atoms with van der Waals surface area (Å²) in [5.74, 6) is -0.359. The highest BCUT2D eigenvalue weighted by Gasteiger charge is 2.10. The van der Waals surface area contributed by atoms with Crippen molar-refractivity contribution in [1.82, 2.24) is 19.2 Å². The Morgan fingerprint density at radius 3 is 2.73 bits per heavy atom. The van der Waals surface area contributed by atoms with Gasteiger partial charge in [-0.2, -0.15) is 5.10 Å². The summed E-state index contributed by atoms with van der Waals surface area (Å²) >= 11 is 1.58. The van der Waals surface area contributed by atoms with Crippen molar-refractivity contribution in [2.24, 2.45) is 0 Å². The summed E-state index contributed by atoms with van der Waals surface area (Å²) in [5.41, 5.74) is 2.47. The highest BCUT2D eigenvalue weighted by molar-refractivity contribution is 7.15. The first kappa shape index (κ1) is 16.2. The van der Waals surface area contributed by atoms with Crippen LogP contribution in [0.2, 0.25) is 0 Å². The number of anilines is 1. The van der Waals surface area contributed by atoms with E-state index in [1.807, 2.05) is 46.4 Å². The maximum atomic E-state index is 12.3. The molecule has 4 aromatic rings. The number of nitrogens with zero attached hydrogens (tertiary/aromatic N) is 4. The van der Waals surface area contributed by atoms with E-state index in [9.17, 15) is 9.59 Å². The average Bonchev–Trinajstić information content (AvgIpc) is 3.24. The van der Waals surface area contributed by atoms with Gasteiger partial charge in [0.05, 0.1) is 5.69 Å². The van der Waals surface area contributed by atoms with Crippen LogP contribution in [-0.4, -0.2) is 25.1 Å². The van der Waals surface area contributed by atoms with E-state index in [2.05, 4.69) is 15.4 Å². The van der Waals surface area contributed by atoms with Crippen molar-refractivity contribution in [2.45, 2.75) is 13.5 Å². The molecule has 7 nitrogen and oxygen atoms in total. The van der Waals surface area contributed by atoms with E-state index in [0.717, 1.165) is 16.2 Å². The number of aryl methyl sites for hydroxylation is 1. The van der Waals surface area contributed by atoms with Gasteiger partial charge in [-0.05, 0) is 25.1 Å². The van der Waals surface area contributed by atoms with Crippen LogP contribution in [0.3, 0.4) is 0 Å². The van der Waals surface area contributed by atoms with E-state index in [-0.39, 0.29) is 17.2 Å². The molecule has 1 N–H and O–H groups in total. The molecule has 0 unspecified atom stereocenters. The van der Waals surface area contributed by atoms with E-state index in [1.54, 1.807) is 18.3 Å². The quantitative estimate of drug-likeness (QED) is 0.603. The minimum Gasteiger partial charge on any atom is -0.321 e. The number of imidazole rings is 1. The van der Waals surface area contributed by atoms with Crippen LogP contribution in [0.4, 0.5) is 5.69 Å². The molecule has 8 heteroatoms. The van der Waals surface area contributed by atoms with Gasteiger partial charge in [-0.25, -0.2) is 9.67 Å². The van der Waals surface area contributed by atoms with Gasteiger partial charge in [-0.1, -0.05) is 12.1 Å².